The molecule has 0 aliphatic carbocycles. The van der Waals surface area contributed by atoms with E-state index in [-0.39, 0.29) is 43.3 Å². The number of aliphatic hydroxyl groups is 1. The highest BCUT2D eigenvalue weighted by atomic mass is 19.2. The number of benzene rings is 4. The molecule has 5 unspecified atom stereocenters. The monoisotopic (exact) mass is 766 g/mol. The second kappa shape index (κ2) is 16.6. The third-order valence-corrected chi connectivity index (χ3v) is 9.91. The van der Waals surface area contributed by atoms with Gasteiger partial charge in [0.15, 0.2) is 29.6 Å². The molecule has 2 aliphatic heterocycles. The van der Waals surface area contributed by atoms with Crippen molar-refractivity contribution in [3.05, 3.63) is 130 Å². The summed E-state index contributed by atoms with van der Waals surface area (Å²) in [5, 5.41) is 11.8. The number of aliphatic hydroxyl groups excluding tert-OH is 1. The molecule has 2 heterocycles. The van der Waals surface area contributed by atoms with E-state index in [2.05, 4.69) is 17.1 Å². The zero-order valence-electron chi connectivity index (χ0n) is 30.9. The highest BCUT2D eigenvalue weighted by Crippen LogP contribution is 2.43. The van der Waals surface area contributed by atoms with E-state index in [1.54, 1.807) is 18.2 Å². The van der Waals surface area contributed by atoms with Crippen LogP contribution in [0.1, 0.15) is 85.5 Å². The first-order chi connectivity index (χ1) is 26.1. The van der Waals surface area contributed by atoms with Gasteiger partial charge in [0, 0.05) is 24.6 Å². The normalized spacial score (nSPS) is 21.7. The largest absolute Gasteiger partial charge is 0.459 e. The second-order valence-corrected chi connectivity index (χ2v) is 15.0. The molecule has 0 aromatic heterocycles. The average Bonchev–Trinajstić information content (AvgIpc) is 3.64. The van der Waals surface area contributed by atoms with E-state index < -0.39 is 52.4 Å². The molecule has 6 rings (SSSR count). The molecule has 13 heteroatoms. The molecule has 4 aromatic carbocycles. The standard InChI is InChI=1S/C42H43F5N2O6/c1-23-31(21-49-18-6-9-30(49)40(52)55-42(2,3)4)53-41(54-38(23)27-12-10-24(22-50)11-13-27)28-16-14-26(15-17-28)29-8-5-7-25(19-29)20-48-39(51)32-33(43)35(45)37(47)36(46)34(32)44/h5,7-8,10-17,19,23,30-31,38,41,50H,6,9,18,20-22H2,1-4H3,(H,48,51). The van der Waals surface area contributed by atoms with E-state index in [9.17, 15) is 36.6 Å². The molecule has 0 bridgehead atoms. The van der Waals surface area contributed by atoms with Gasteiger partial charge in [-0.15, -0.1) is 0 Å². The van der Waals surface area contributed by atoms with Crippen LogP contribution in [0.3, 0.4) is 0 Å². The molecule has 1 amide bonds. The lowest BCUT2D eigenvalue weighted by Gasteiger charge is -2.43. The molecule has 2 fully saturated rings. The number of nitrogens with zero attached hydrogens (tertiary/aromatic N) is 1. The molecule has 0 saturated carbocycles. The van der Waals surface area contributed by atoms with Crippen LogP contribution in [0.5, 0.6) is 0 Å². The first-order valence-corrected chi connectivity index (χ1v) is 18.1. The van der Waals surface area contributed by atoms with E-state index in [1.165, 1.54) is 0 Å². The van der Waals surface area contributed by atoms with Gasteiger partial charge in [0.25, 0.3) is 5.91 Å². The molecule has 5 atom stereocenters. The fraction of sp³-hybridized carbons (Fsp3) is 0.381. The molecule has 2 N–H and O–H groups in total. The number of carbonyl (C=O) groups excluding carboxylic acids is 2. The van der Waals surface area contributed by atoms with Crippen molar-refractivity contribution in [3.63, 3.8) is 0 Å². The van der Waals surface area contributed by atoms with E-state index in [4.69, 9.17) is 14.2 Å². The van der Waals surface area contributed by atoms with Crippen LogP contribution >= 0.6 is 0 Å². The molecule has 292 valence electrons. The summed E-state index contributed by atoms with van der Waals surface area (Å²) in [5.41, 5.74) is 2.31. The van der Waals surface area contributed by atoms with Crippen molar-refractivity contribution in [1.29, 1.82) is 0 Å². The summed E-state index contributed by atoms with van der Waals surface area (Å²) < 4.78 is 88.1. The summed E-state index contributed by atoms with van der Waals surface area (Å²) in [6, 6.07) is 21.6. The van der Waals surface area contributed by atoms with E-state index in [0.29, 0.717) is 18.5 Å². The summed E-state index contributed by atoms with van der Waals surface area (Å²) in [5.74, 6) is -13.0. The van der Waals surface area contributed by atoms with Crippen molar-refractivity contribution in [2.24, 2.45) is 5.92 Å². The van der Waals surface area contributed by atoms with Gasteiger partial charge in [-0.05, 0) is 74.0 Å². The van der Waals surface area contributed by atoms with Gasteiger partial charge in [-0.2, -0.15) is 0 Å². The smallest absolute Gasteiger partial charge is 0.323 e. The van der Waals surface area contributed by atoms with Gasteiger partial charge >= 0.3 is 5.97 Å². The lowest BCUT2D eigenvalue weighted by molar-refractivity contribution is -0.276. The maximum atomic E-state index is 14.2. The Balaban J connectivity index is 1.19. The van der Waals surface area contributed by atoms with Gasteiger partial charge in [-0.3, -0.25) is 14.5 Å². The van der Waals surface area contributed by atoms with Crippen molar-refractivity contribution in [3.8, 4) is 11.1 Å². The Hall–Kier alpha value is -4.69. The molecular weight excluding hydrogens is 723 g/mol. The summed E-state index contributed by atoms with van der Waals surface area (Å²) in [6.07, 6.45) is 0.111. The van der Waals surface area contributed by atoms with Crippen LogP contribution in [0.2, 0.25) is 0 Å². The third kappa shape index (κ3) is 8.91. The van der Waals surface area contributed by atoms with Crippen LogP contribution in [0.25, 0.3) is 11.1 Å². The van der Waals surface area contributed by atoms with Crippen molar-refractivity contribution in [1.82, 2.24) is 10.2 Å². The van der Waals surface area contributed by atoms with Gasteiger partial charge in [-0.25, -0.2) is 22.0 Å². The predicted molar refractivity (Wildman–Crippen MR) is 193 cm³/mol. The molecular formula is C42H43F5N2O6. The number of ether oxygens (including phenoxy) is 3. The van der Waals surface area contributed by atoms with Crippen molar-refractivity contribution in [2.45, 2.75) is 83.8 Å². The number of hydrogen-bond acceptors (Lipinski definition) is 7. The lowest BCUT2D eigenvalue weighted by Crippen LogP contribution is -2.48. The Morgan fingerprint density at radius 2 is 1.47 bits per heavy atom. The molecule has 4 aromatic rings. The third-order valence-electron chi connectivity index (χ3n) is 9.91. The first kappa shape index (κ1) is 40.0. The first-order valence-electron chi connectivity index (χ1n) is 18.1. The maximum Gasteiger partial charge on any atom is 0.323 e. The lowest BCUT2D eigenvalue weighted by atomic mass is 9.89. The summed E-state index contributed by atoms with van der Waals surface area (Å²) in [4.78, 5) is 27.8. The highest BCUT2D eigenvalue weighted by molar-refractivity contribution is 5.94. The Morgan fingerprint density at radius 3 is 2.11 bits per heavy atom. The quantitative estimate of drug-likeness (QED) is 0.0730. The number of esters is 1. The van der Waals surface area contributed by atoms with Crippen LogP contribution in [-0.4, -0.2) is 52.7 Å². The molecule has 0 spiro atoms. The topological polar surface area (TPSA) is 97.3 Å². The fourth-order valence-electron chi connectivity index (χ4n) is 7.01. The van der Waals surface area contributed by atoms with Gasteiger partial charge in [0.05, 0.1) is 18.8 Å². The number of carbonyl (C=O) groups is 2. The fourth-order valence-corrected chi connectivity index (χ4v) is 7.01. The Kier molecular flexibility index (Phi) is 12.1. The van der Waals surface area contributed by atoms with E-state index >= 15 is 0 Å². The highest BCUT2D eigenvalue weighted by Gasteiger charge is 2.42. The minimum absolute atomic E-state index is 0.0843. The van der Waals surface area contributed by atoms with Crippen LogP contribution in [-0.2, 0) is 32.2 Å². The van der Waals surface area contributed by atoms with E-state index in [0.717, 1.165) is 40.8 Å². The molecule has 2 saturated heterocycles. The van der Waals surface area contributed by atoms with Crippen molar-refractivity contribution in [2.75, 3.05) is 13.1 Å². The molecule has 8 nitrogen and oxygen atoms in total. The number of amides is 1. The Morgan fingerprint density at radius 1 is 0.836 bits per heavy atom. The van der Waals surface area contributed by atoms with Gasteiger partial charge < -0.3 is 24.6 Å². The number of hydrogen-bond donors (Lipinski definition) is 2. The molecule has 0 radical (unpaired) electrons. The number of likely N-dealkylation sites (tertiary alicyclic amines) is 1. The minimum Gasteiger partial charge on any atom is -0.459 e. The van der Waals surface area contributed by atoms with Crippen molar-refractivity contribution < 1.29 is 50.9 Å². The number of halogens is 5. The summed E-state index contributed by atoms with van der Waals surface area (Å²) in [7, 11) is 0. The summed E-state index contributed by atoms with van der Waals surface area (Å²) in [6.45, 7) is 8.50. The van der Waals surface area contributed by atoms with Gasteiger partial charge in [-0.1, -0.05) is 73.7 Å². The Labute approximate surface area is 316 Å². The van der Waals surface area contributed by atoms with Gasteiger partial charge in [0.2, 0.25) is 5.82 Å². The molecule has 55 heavy (non-hydrogen) atoms. The van der Waals surface area contributed by atoms with Crippen LogP contribution in [0.4, 0.5) is 22.0 Å². The zero-order valence-corrected chi connectivity index (χ0v) is 30.9. The van der Waals surface area contributed by atoms with Crippen LogP contribution < -0.4 is 5.32 Å². The van der Waals surface area contributed by atoms with Crippen LogP contribution in [0, 0.1) is 35.0 Å². The van der Waals surface area contributed by atoms with Crippen molar-refractivity contribution >= 4 is 11.9 Å². The number of rotatable bonds is 10. The minimum atomic E-state index is -2.34. The van der Waals surface area contributed by atoms with E-state index in [1.807, 2.05) is 75.4 Å². The van der Waals surface area contributed by atoms with Gasteiger partial charge in [0.1, 0.15) is 17.2 Å². The van der Waals surface area contributed by atoms with Crippen LogP contribution in [0.15, 0.2) is 72.8 Å². The maximum absolute atomic E-state index is 14.2. The molecule has 2 aliphatic rings. The predicted octanol–water partition coefficient (Wildman–Crippen LogP) is 8.07. The Bertz CT molecular complexity index is 1990. The zero-order chi connectivity index (χ0) is 39.6. The average molecular weight is 767 g/mol. The SMILES string of the molecule is CC1C(CN2CCCC2C(=O)OC(C)(C)C)OC(c2ccc(-c3cccc(CNC(=O)c4c(F)c(F)c(F)c(F)c4F)c3)cc2)OC1c1ccc(CO)cc1. The second-order valence-electron chi connectivity index (χ2n) is 15.0. The summed E-state index contributed by atoms with van der Waals surface area (Å²) >= 11 is 0. The number of nitrogens with one attached hydrogen (secondary N) is 1.